The van der Waals surface area contributed by atoms with Gasteiger partial charge in [0.25, 0.3) is 0 Å². The lowest BCUT2D eigenvalue weighted by Crippen LogP contribution is -2.52. The number of carbonyl (C=O) groups excluding carboxylic acids is 1. The molecule has 3 aromatic carbocycles. The van der Waals surface area contributed by atoms with Crippen LogP contribution in [0.4, 0.5) is 0 Å². The predicted octanol–water partition coefficient (Wildman–Crippen LogP) is 3.86. The third-order valence-corrected chi connectivity index (χ3v) is 7.70. The maximum atomic E-state index is 13.7. The lowest BCUT2D eigenvalue weighted by Gasteiger charge is -2.35. The van der Waals surface area contributed by atoms with Gasteiger partial charge in [-0.1, -0.05) is 54.6 Å². The van der Waals surface area contributed by atoms with Crippen molar-refractivity contribution >= 4 is 26.7 Å². The van der Waals surface area contributed by atoms with Gasteiger partial charge in [0.05, 0.1) is 17.7 Å². The number of fused-ring (bicyclic) bond motifs is 2. The first-order chi connectivity index (χ1) is 15.5. The monoisotopic (exact) mass is 446 g/mol. The molecule has 0 spiro atoms. The van der Waals surface area contributed by atoms with Crippen molar-refractivity contribution in [2.24, 2.45) is 0 Å². The largest absolute Gasteiger partial charge is 0.467 e. The zero-order valence-electron chi connectivity index (χ0n) is 17.3. The van der Waals surface area contributed by atoms with Crippen molar-refractivity contribution in [3.8, 4) is 0 Å². The number of benzene rings is 3. The van der Waals surface area contributed by atoms with Crippen molar-refractivity contribution in [3.05, 3.63) is 102 Å². The second kappa shape index (κ2) is 8.26. The molecule has 1 unspecified atom stereocenters. The number of carbonyl (C=O) groups is 1. The molecule has 1 aromatic heterocycles. The van der Waals surface area contributed by atoms with Crippen molar-refractivity contribution in [2.75, 3.05) is 0 Å². The molecule has 162 valence electrons. The third kappa shape index (κ3) is 3.81. The van der Waals surface area contributed by atoms with Crippen LogP contribution in [-0.4, -0.2) is 24.7 Å². The zero-order valence-corrected chi connectivity index (χ0v) is 18.1. The average molecular weight is 447 g/mol. The molecular weight excluding hydrogens is 424 g/mol. The maximum Gasteiger partial charge on any atom is 0.244 e. The molecule has 4 aromatic rings. The highest BCUT2D eigenvalue weighted by Crippen LogP contribution is 2.30. The fourth-order valence-electron chi connectivity index (χ4n) is 4.14. The molecular formula is C25H22N2O4S. The Labute approximate surface area is 186 Å². The molecule has 0 bridgehead atoms. The van der Waals surface area contributed by atoms with E-state index in [9.17, 15) is 13.2 Å². The van der Waals surface area contributed by atoms with Gasteiger partial charge in [-0.2, -0.15) is 4.31 Å². The first kappa shape index (κ1) is 20.5. The standard InChI is InChI=1S/C25H22N2O4S/c28-25(26-16-22-10-5-13-31-22)24-15-20-8-3-4-9-21(20)17-27(24)32(29,30)23-12-11-18-6-1-2-7-19(18)14-23/h1-14,24H,15-17H2,(H,26,28). The Bertz CT molecular complexity index is 1380. The molecule has 2 heterocycles. The topological polar surface area (TPSA) is 79.6 Å². The molecule has 0 aliphatic carbocycles. The predicted molar refractivity (Wildman–Crippen MR) is 121 cm³/mol. The van der Waals surface area contributed by atoms with E-state index in [4.69, 9.17) is 4.42 Å². The highest BCUT2D eigenvalue weighted by atomic mass is 32.2. The van der Waals surface area contributed by atoms with Crippen LogP contribution in [0.15, 0.2) is 94.4 Å². The number of amides is 1. The Morgan fingerprint density at radius 1 is 0.938 bits per heavy atom. The van der Waals surface area contributed by atoms with Crippen LogP contribution >= 0.6 is 0 Å². The summed E-state index contributed by atoms with van der Waals surface area (Å²) in [6.07, 6.45) is 1.85. The number of furan rings is 1. The van der Waals surface area contributed by atoms with E-state index in [1.165, 1.54) is 10.6 Å². The minimum Gasteiger partial charge on any atom is -0.467 e. The summed E-state index contributed by atoms with van der Waals surface area (Å²) >= 11 is 0. The van der Waals surface area contributed by atoms with E-state index in [1.807, 2.05) is 48.5 Å². The highest BCUT2D eigenvalue weighted by molar-refractivity contribution is 7.89. The van der Waals surface area contributed by atoms with E-state index in [0.717, 1.165) is 21.9 Å². The fraction of sp³-hybridized carbons (Fsp3) is 0.160. The van der Waals surface area contributed by atoms with Crippen molar-refractivity contribution in [3.63, 3.8) is 0 Å². The van der Waals surface area contributed by atoms with Gasteiger partial charge in [0.2, 0.25) is 15.9 Å². The summed E-state index contributed by atoms with van der Waals surface area (Å²) < 4.78 is 34.0. The van der Waals surface area contributed by atoms with E-state index >= 15 is 0 Å². The number of sulfonamides is 1. The summed E-state index contributed by atoms with van der Waals surface area (Å²) in [7, 11) is -3.91. The molecule has 7 heteroatoms. The number of nitrogens with zero attached hydrogens (tertiary/aromatic N) is 1. The Balaban J connectivity index is 1.50. The van der Waals surface area contributed by atoms with E-state index < -0.39 is 16.1 Å². The van der Waals surface area contributed by atoms with Gasteiger partial charge in [0, 0.05) is 6.54 Å². The molecule has 6 nitrogen and oxygen atoms in total. The summed E-state index contributed by atoms with van der Waals surface area (Å²) in [5.74, 6) is 0.263. The lowest BCUT2D eigenvalue weighted by atomic mass is 9.95. The molecule has 1 aliphatic heterocycles. The molecule has 1 aliphatic rings. The molecule has 0 saturated carbocycles. The lowest BCUT2D eigenvalue weighted by molar-refractivity contribution is -0.125. The highest BCUT2D eigenvalue weighted by Gasteiger charge is 2.39. The zero-order chi connectivity index (χ0) is 22.1. The summed E-state index contributed by atoms with van der Waals surface area (Å²) in [4.78, 5) is 13.3. The Morgan fingerprint density at radius 3 is 2.47 bits per heavy atom. The molecule has 0 radical (unpaired) electrons. The summed E-state index contributed by atoms with van der Waals surface area (Å²) in [5, 5.41) is 4.63. The van der Waals surface area contributed by atoms with Crippen LogP contribution in [-0.2, 0) is 34.3 Å². The second-order valence-electron chi connectivity index (χ2n) is 7.85. The first-order valence-electron chi connectivity index (χ1n) is 10.4. The molecule has 1 atom stereocenters. The van der Waals surface area contributed by atoms with Gasteiger partial charge >= 0.3 is 0 Å². The van der Waals surface area contributed by atoms with E-state index in [-0.39, 0.29) is 23.9 Å². The normalized spacial score (nSPS) is 16.6. The molecule has 1 N–H and O–H groups in total. The van der Waals surface area contributed by atoms with Gasteiger partial charge in [0.1, 0.15) is 11.8 Å². The molecule has 5 rings (SSSR count). The molecule has 0 fully saturated rings. The summed E-state index contributed by atoms with van der Waals surface area (Å²) in [6.45, 7) is 0.345. The smallest absolute Gasteiger partial charge is 0.244 e. The maximum absolute atomic E-state index is 13.7. The van der Waals surface area contributed by atoms with Crippen LogP contribution in [0, 0.1) is 0 Å². The van der Waals surface area contributed by atoms with Crippen LogP contribution in [0.1, 0.15) is 16.9 Å². The van der Waals surface area contributed by atoms with Gasteiger partial charge in [-0.3, -0.25) is 4.79 Å². The molecule has 32 heavy (non-hydrogen) atoms. The van der Waals surface area contributed by atoms with Crippen molar-refractivity contribution in [1.29, 1.82) is 0 Å². The Kier molecular flexibility index (Phi) is 5.28. The summed E-state index contributed by atoms with van der Waals surface area (Å²) in [6, 6.07) is 23.0. The molecule has 0 saturated heterocycles. The first-order valence-corrected chi connectivity index (χ1v) is 11.8. The average Bonchev–Trinajstić information content (AvgIpc) is 3.35. The Hall–Kier alpha value is -3.42. The minimum atomic E-state index is -3.91. The SMILES string of the molecule is O=C(NCc1ccco1)C1Cc2ccccc2CN1S(=O)(=O)c1ccc2ccccc2c1. The van der Waals surface area contributed by atoms with Crippen LogP contribution in [0.25, 0.3) is 10.8 Å². The third-order valence-electron chi connectivity index (χ3n) is 5.85. The van der Waals surface area contributed by atoms with Crippen LogP contribution in [0.3, 0.4) is 0 Å². The fourth-order valence-corrected chi connectivity index (χ4v) is 5.74. The number of hydrogen-bond donors (Lipinski definition) is 1. The number of nitrogens with one attached hydrogen (secondary N) is 1. The van der Waals surface area contributed by atoms with Gasteiger partial charge in [-0.15, -0.1) is 0 Å². The van der Waals surface area contributed by atoms with Gasteiger partial charge in [-0.05, 0) is 52.6 Å². The number of hydrogen-bond acceptors (Lipinski definition) is 4. The van der Waals surface area contributed by atoms with Crippen LogP contribution < -0.4 is 5.32 Å². The van der Waals surface area contributed by atoms with Gasteiger partial charge < -0.3 is 9.73 Å². The summed E-state index contributed by atoms with van der Waals surface area (Å²) in [5.41, 5.74) is 1.89. The van der Waals surface area contributed by atoms with E-state index in [2.05, 4.69) is 5.32 Å². The van der Waals surface area contributed by atoms with Crippen molar-refractivity contribution in [2.45, 2.75) is 30.4 Å². The number of rotatable bonds is 5. The quantitative estimate of drug-likeness (QED) is 0.505. The molecule has 1 amide bonds. The van der Waals surface area contributed by atoms with Crippen molar-refractivity contribution < 1.29 is 17.6 Å². The van der Waals surface area contributed by atoms with Gasteiger partial charge in [0.15, 0.2) is 0 Å². The van der Waals surface area contributed by atoms with Gasteiger partial charge in [-0.25, -0.2) is 8.42 Å². The Morgan fingerprint density at radius 2 is 1.69 bits per heavy atom. The second-order valence-corrected chi connectivity index (χ2v) is 9.74. The van der Waals surface area contributed by atoms with E-state index in [0.29, 0.717) is 12.2 Å². The van der Waals surface area contributed by atoms with Crippen LogP contribution in [0.5, 0.6) is 0 Å². The minimum absolute atomic E-state index is 0.143. The van der Waals surface area contributed by atoms with Crippen LogP contribution in [0.2, 0.25) is 0 Å². The van der Waals surface area contributed by atoms with Crippen molar-refractivity contribution in [1.82, 2.24) is 9.62 Å². The van der Waals surface area contributed by atoms with E-state index in [1.54, 1.807) is 30.3 Å².